The molecule has 0 saturated carbocycles. The summed E-state index contributed by atoms with van der Waals surface area (Å²) >= 11 is 18.1. The highest BCUT2D eigenvalue weighted by molar-refractivity contribution is 7.89. The van der Waals surface area contributed by atoms with Crippen LogP contribution in [0.2, 0.25) is 15.1 Å². The van der Waals surface area contributed by atoms with E-state index >= 15 is 0 Å². The Kier molecular flexibility index (Phi) is 7.62. The van der Waals surface area contributed by atoms with Gasteiger partial charge in [-0.25, -0.2) is 8.42 Å². The molecule has 9 heteroatoms. The minimum Gasteiger partial charge on any atom is -0.325 e. The maximum absolute atomic E-state index is 13.2. The van der Waals surface area contributed by atoms with Crippen molar-refractivity contribution in [2.45, 2.75) is 18.4 Å². The van der Waals surface area contributed by atoms with E-state index in [9.17, 15) is 13.2 Å². The van der Waals surface area contributed by atoms with Crippen LogP contribution in [0.3, 0.4) is 0 Å². The molecular formula is C22H19Cl3N2O3S. The predicted molar refractivity (Wildman–Crippen MR) is 125 cm³/mol. The van der Waals surface area contributed by atoms with Gasteiger partial charge in [0.15, 0.2) is 0 Å². The van der Waals surface area contributed by atoms with Crippen molar-refractivity contribution in [1.29, 1.82) is 0 Å². The normalized spacial score (nSPS) is 11.5. The topological polar surface area (TPSA) is 66.5 Å². The Hall–Kier alpha value is -2.09. The molecule has 0 unspecified atom stereocenters. The number of hydrogen-bond donors (Lipinski definition) is 1. The van der Waals surface area contributed by atoms with Crippen molar-refractivity contribution in [2.24, 2.45) is 0 Å². The largest absolute Gasteiger partial charge is 0.325 e. The third-order valence-corrected chi connectivity index (χ3v) is 7.45. The van der Waals surface area contributed by atoms with Crippen molar-refractivity contribution >= 4 is 56.4 Å². The van der Waals surface area contributed by atoms with Crippen LogP contribution in [0.25, 0.3) is 0 Å². The fourth-order valence-corrected chi connectivity index (χ4v) is 4.75. The van der Waals surface area contributed by atoms with Gasteiger partial charge >= 0.3 is 0 Å². The molecule has 0 aliphatic rings. The van der Waals surface area contributed by atoms with Crippen LogP contribution >= 0.6 is 34.8 Å². The Morgan fingerprint density at radius 2 is 1.61 bits per heavy atom. The molecule has 0 bridgehead atoms. The average molecular weight is 498 g/mol. The maximum Gasteiger partial charge on any atom is 0.243 e. The first-order chi connectivity index (χ1) is 14.7. The second-order valence-electron chi connectivity index (χ2n) is 6.85. The van der Waals surface area contributed by atoms with Gasteiger partial charge in [-0.1, -0.05) is 65.1 Å². The number of nitrogens with one attached hydrogen (secondary N) is 1. The van der Waals surface area contributed by atoms with Crippen LogP contribution in [0.1, 0.15) is 11.1 Å². The van der Waals surface area contributed by atoms with Gasteiger partial charge in [-0.2, -0.15) is 4.31 Å². The molecule has 1 amide bonds. The average Bonchev–Trinajstić information content (AvgIpc) is 2.73. The molecular weight excluding hydrogens is 479 g/mol. The number of rotatable bonds is 7. The van der Waals surface area contributed by atoms with Crippen molar-refractivity contribution in [3.63, 3.8) is 0 Å². The number of benzene rings is 3. The van der Waals surface area contributed by atoms with Gasteiger partial charge in [0, 0.05) is 17.3 Å². The maximum atomic E-state index is 13.2. The summed E-state index contributed by atoms with van der Waals surface area (Å²) in [6.07, 6.45) is 0. The summed E-state index contributed by atoms with van der Waals surface area (Å²) in [5, 5.41) is 3.85. The monoisotopic (exact) mass is 496 g/mol. The first kappa shape index (κ1) is 23.6. The number of anilines is 1. The van der Waals surface area contributed by atoms with E-state index in [0.29, 0.717) is 26.3 Å². The van der Waals surface area contributed by atoms with Gasteiger partial charge in [0.2, 0.25) is 15.9 Å². The molecule has 0 heterocycles. The highest BCUT2D eigenvalue weighted by Crippen LogP contribution is 2.25. The van der Waals surface area contributed by atoms with E-state index in [4.69, 9.17) is 34.8 Å². The van der Waals surface area contributed by atoms with Crippen molar-refractivity contribution in [2.75, 3.05) is 11.9 Å². The summed E-state index contributed by atoms with van der Waals surface area (Å²) < 4.78 is 27.6. The molecule has 31 heavy (non-hydrogen) atoms. The smallest absolute Gasteiger partial charge is 0.243 e. The number of hydrogen-bond acceptors (Lipinski definition) is 3. The first-order valence-electron chi connectivity index (χ1n) is 9.22. The van der Waals surface area contributed by atoms with Gasteiger partial charge in [-0.3, -0.25) is 4.79 Å². The summed E-state index contributed by atoms with van der Waals surface area (Å²) in [5.74, 6) is -0.500. The number of amides is 1. The Labute approximate surface area is 196 Å². The molecule has 3 aromatic carbocycles. The second kappa shape index (κ2) is 10.0. The third kappa shape index (κ3) is 5.99. The van der Waals surface area contributed by atoms with Crippen molar-refractivity contribution in [1.82, 2.24) is 4.31 Å². The molecule has 5 nitrogen and oxygen atoms in total. The zero-order chi connectivity index (χ0) is 22.6. The molecule has 0 aliphatic carbocycles. The second-order valence-corrected chi connectivity index (χ2v) is 10.0. The van der Waals surface area contributed by atoms with Gasteiger partial charge in [0.1, 0.15) is 0 Å². The summed E-state index contributed by atoms with van der Waals surface area (Å²) in [6, 6.07) is 17.8. The zero-order valence-corrected chi connectivity index (χ0v) is 19.6. The van der Waals surface area contributed by atoms with Crippen molar-refractivity contribution in [3.05, 3.63) is 92.9 Å². The van der Waals surface area contributed by atoms with E-state index in [1.165, 1.54) is 12.1 Å². The minimum atomic E-state index is -3.95. The molecule has 3 rings (SSSR count). The number of sulfonamides is 1. The van der Waals surface area contributed by atoms with E-state index in [2.05, 4.69) is 5.32 Å². The summed E-state index contributed by atoms with van der Waals surface area (Å²) in [5.41, 5.74) is 1.94. The molecule has 0 spiro atoms. The molecule has 162 valence electrons. The van der Waals surface area contributed by atoms with Crippen LogP contribution in [0, 0.1) is 6.92 Å². The van der Waals surface area contributed by atoms with Crippen LogP contribution in [-0.4, -0.2) is 25.2 Å². The molecule has 0 fully saturated rings. The van der Waals surface area contributed by atoms with Crippen LogP contribution in [0.4, 0.5) is 5.69 Å². The Bertz CT molecular complexity index is 1200. The number of aryl methyl sites for hydroxylation is 1. The van der Waals surface area contributed by atoms with Crippen LogP contribution < -0.4 is 5.32 Å². The van der Waals surface area contributed by atoms with E-state index in [-0.39, 0.29) is 11.4 Å². The number of nitrogens with zero attached hydrogens (tertiary/aromatic N) is 1. The van der Waals surface area contributed by atoms with Gasteiger partial charge in [0.05, 0.1) is 21.5 Å². The highest BCUT2D eigenvalue weighted by Gasteiger charge is 2.27. The lowest BCUT2D eigenvalue weighted by Gasteiger charge is -2.22. The highest BCUT2D eigenvalue weighted by atomic mass is 35.5. The van der Waals surface area contributed by atoms with Crippen LogP contribution in [-0.2, 0) is 21.4 Å². The fraction of sp³-hybridized carbons (Fsp3) is 0.136. The number of carbonyl (C=O) groups is 1. The van der Waals surface area contributed by atoms with Gasteiger partial charge in [-0.05, 0) is 54.4 Å². The SMILES string of the molecule is Cc1ccc(NC(=O)CN(Cc2ccc(Cl)c(Cl)c2)S(=O)(=O)c2ccccc2)cc1Cl. The molecule has 1 N–H and O–H groups in total. The molecule has 0 radical (unpaired) electrons. The number of halogens is 3. The van der Waals surface area contributed by atoms with Gasteiger partial charge < -0.3 is 5.32 Å². The molecule has 0 saturated heterocycles. The summed E-state index contributed by atoms with van der Waals surface area (Å²) in [4.78, 5) is 12.8. The third-order valence-electron chi connectivity index (χ3n) is 4.50. The van der Waals surface area contributed by atoms with Gasteiger partial charge in [-0.15, -0.1) is 0 Å². The van der Waals surface area contributed by atoms with Gasteiger partial charge in [0.25, 0.3) is 0 Å². The summed E-state index contributed by atoms with van der Waals surface area (Å²) in [7, 11) is -3.95. The summed E-state index contributed by atoms with van der Waals surface area (Å²) in [6.45, 7) is 1.39. The van der Waals surface area contributed by atoms with Crippen LogP contribution in [0.15, 0.2) is 71.6 Å². The lowest BCUT2D eigenvalue weighted by Crippen LogP contribution is -2.37. The van der Waals surface area contributed by atoms with Crippen molar-refractivity contribution < 1.29 is 13.2 Å². The minimum absolute atomic E-state index is 0.0593. The molecule has 0 aliphatic heterocycles. The predicted octanol–water partition coefficient (Wildman–Crippen LogP) is 5.78. The number of carbonyl (C=O) groups excluding carboxylic acids is 1. The van der Waals surface area contributed by atoms with E-state index in [1.54, 1.807) is 54.6 Å². The lowest BCUT2D eigenvalue weighted by molar-refractivity contribution is -0.116. The van der Waals surface area contributed by atoms with Crippen LogP contribution in [0.5, 0.6) is 0 Å². The quantitative estimate of drug-likeness (QED) is 0.449. The van der Waals surface area contributed by atoms with Crippen molar-refractivity contribution in [3.8, 4) is 0 Å². The zero-order valence-electron chi connectivity index (χ0n) is 16.5. The fourth-order valence-electron chi connectivity index (χ4n) is 2.84. The van der Waals surface area contributed by atoms with E-state index in [1.807, 2.05) is 6.92 Å². The first-order valence-corrected chi connectivity index (χ1v) is 11.8. The Balaban J connectivity index is 1.88. The standard InChI is InChI=1S/C22H19Cl3N2O3S/c1-15-7-9-17(12-20(15)24)26-22(28)14-27(13-16-8-10-19(23)21(25)11-16)31(29,30)18-5-3-2-4-6-18/h2-12H,13-14H2,1H3,(H,26,28). The molecule has 3 aromatic rings. The Morgan fingerprint density at radius 3 is 2.26 bits per heavy atom. The Morgan fingerprint density at radius 1 is 0.903 bits per heavy atom. The van der Waals surface area contributed by atoms with E-state index < -0.39 is 22.5 Å². The van der Waals surface area contributed by atoms with E-state index in [0.717, 1.165) is 9.87 Å². The molecule has 0 atom stereocenters. The molecule has 0 aromatic heterocycles. The lowest BCUT2D eigenvalue weighted by atomic mass is 10.2.